The van der Waals surface area contributed by atoms with Gasteiger partial charge in [0.2, 0.25) is 0 Å². The number of hydrogen-bond acceptors (Lipinski definition) is 2. The van der Waals surface area contributed by atoms with Gasteiger partial charge in [-0.3, -0.25) is 0 Å². The second-order valence-corrected chi connectivity index (χ2v) is 5.41. The number of benzene rings is 1. The van der Waals surface area contributed by atoms with Crippen LogP contribution in [0.3, 0.4) is 0 Å². The molecule has 0 heterocycles. The van der Waals surface area contributed by atoms with Gasteiger partial charge in [-0.1, -0.05) is 43.1 Å². The lowest BCUT2D eigenvalue weighted by atomic mass is 9.83. The highest BCUT2D eigenvalue weighted by Gasteiger charge is 2.17. The molecular formula is C12H15Cl2NO. The van der Waals surface area contributed by atoms with E-state index in [0.29, 0.717) is 16.5 Å². The fourth-order valence-electron chi connectivity index (χ4n) is 1.56. The van der Waals surface area contributed by atoms with Crippen molar-refractivity contribution in [3.63, 3.8) is 0 Å². The van der Waals surface area contributed by atoms with E-state index in [1.807, 2.05) is 12.1 Å². The van der Waals surface area contributed by atoms with Crippen molar-refractivity contribution in [2.45, 2.75) is 26.7 Å². The van der Waals surface area contributed by atoms with E-state index in [1.54, 1.807) is 6.07 Å². The third-order valence-electron chi connectivity index (χ3n) is 2.39. The van der Waals surface area contributed by atoms with E-state index < -0.39 is 0 Å². The first-order valence-corrected chi connectivity index (χ1v) is 5.80. The molecule has 1 N–H and O–H groups in total. The molecule has 1 aromatic carbocycles. The maximum Gasteiger partial charge on any atom is 0.0595 e. The Labute approximate surface area is 106 Å². The highest BCUT2D eigenvalue weighted by molar-refractivity contribution is 6.42. The van der Waals surface area contributed by atoms with Crippen molar-refractivity contribution in [1.29, 1.82) is 0 Å². The summed E-state index contributed by atoms with van der Waals surface area (Å²) in [6.07, 6.45) is 3.08. The molecule has 1 rings (SSSR count). The Hall–Kier alpha value is -0.730. The average molecular weight is 260 g/mol. The second kappa shape index (κ2) is 5.55. The van der Waals surface area contributed by atoms with Crippen molar-refractivity contribution in [3.05, 3.63) is 33.8 Å². The van der Waals surface area contributed by atoms with Gasteiger partial charge in [0.15, 0.2) is 0 Å². The Balaban J connectivity index is 2.75. The molecule has 0 fully saturated rings. The quantitative estimate of drug-likeness (QED) is 0.485. The molecule has 2 nitrogen and oxygen atoms in total. The number of rotatable bonds is 4. The van der Waals surface area contributed by atoms with Crippen molar-refractivity contribution in [3.8, 4) is 0 Å². The van der Waals surface area contributed by atoms with Crippen LogP contribution in [-0.2, 0) is 6.42 Å². The van der Waals surface area contributed by atoms with Crippen LogP contribution in [0.1, 0.15) is 25.8 Å². The summed E-state index contributed by atoms with van der Waals surface area (Å²) >= 11 is 11.8. The van der Waals surface area contributed by atoms with Gasteiger partial charge in [-0.2, -0.15) is 0 Å². The molecule has 0 spiro atoms. The predicted molar refractivity (Wildman–Crippen MR) is 68.8 cm³/mol. The zero-order chi connectivity index (χ0) is 12.2. The summed E-state index contributed by atoms with van der Waals surface area (Å²) in [6, 6.07) is 5.64. The van der Waals surface area contributed by atoms with Crippen LogP contribution in [0, 0.1) is 5.41 Å². The van der Waals surface area contributed by atoms with Crippen molar-refractivity contribution in [2.24, 2.45) is 10.6 Å². The van der Waals surface area contributed by atoms with Gasteiger partial charge >= 0.3 is 0 Å². The summed E-state index contributed by atoms with van der Waals surface area (Å²) in [5, 5.41) is 12.6. The fraction of sp³-hybridized carbons (Fsp3) is 0.417. The Kier molecular flexibility index (Phi) is 4.63. The molecule has 0 unspecified atom stereocenters. The maximum absolute atomic E-state index is 8.41. The zero-order valence-corrected chi connectivity index (χ0v) is 10.9. The molecule has 0 amide bonds. The predicted octanol–water partition coefficient (Wildman–Crippen LogP) is 4.41. The van der Waals surface area contributed by atoms with Crippen LogP contribution in [0.5, 0.6) is 0 Å². The second-order valence-electron chi connectivity index (χ2n) is 4.59. The van der Waals surface area contributed by atoms with Gasteiger partial charge in [0.05, 0.1) is 10.0 Å². The average Bonchev–Trinajstić information content (AvgIpc) is 2.20. The first-order valence-electron chi connectivity index (χ1n) is 5.04. The van der Waals surface area contributed by atoms with E-state index in [1.165, 1.54) is 6.21 Å². The van der Waals surface area contributed by atoms with E-state index in [2.05, 4.69) is 19.0 Å². The molecule has 4 heteroatoms. The fourth-order valence-corrected chi connectivity index (χ4v) is 1.88. The molecule has 0 aliphatic heterocycles. The largest absolute Gasteiger partial charge is 0.411 e. The Morgan fingerprint density at radius 2 is 2.00 bits per heavy atom. The van der Waals surface area contributed by atoms with Gasteiger partial charge in [0.1, 0.15) is 0 Å². The van der Waals surface area contributed by atoms with E-state index in [9.17, 15) is 0 Å². The van der Waals surface area contributed by atoms with E-state index in [-0.39, 0.29) is 5.41 Å². The summed E-state index contributed by atoms with van der Waals surface area (Å²) in [7, 11) is 0. The van der Waals surface area contributed by atoms with Gasteiger partial charge in [-0.25, -0.2) is 0 Å². The van der Waals surface area contributed by atoms with Crippen LogP contribution < -0.4 is 0 Å². The smallest absolute Gasteiger partial charge is 0.0595 e. The lowest BCUT2D eigenvalue weighted by Gasteiger charge is -2.22. The highest BCUT2D eigenvalue weighted by Crippen LogP contribution is 2.29. The lowest BCUT2D eigenvalue weighted by Crippen LogP contribution is -2.15. The summed E-state index contributed by atoms with van der Waals surface area (Å²) in [6.45, 7) is 4.22. The summed E-state index contributed by atoms with van der Waals surface area (Å²) in [4.78, 5) is 0. The molecule has 0 bridgehead atoms. The van der Waals surface area contributed by atoms with E-state index in [0.717, 1.165) is 12.0 Å². The molecule has 0 radical (unpaired) electrons. The number of nitrogens with zero attached hydrogens (tertiary/aromatic N) is 1. The van der Waals surface area contributed by atoms with Gasteiger partial charge < -0.3 is 5.21 Å². The Morgan fingerprint density at radius 3 is 2.56 bits per heavy atom. The monoisotopic (exact) mass is 259 g/mol. The molecule has 0 aliphatic rings. The minimum atomic E-state index is 0.0311. The third-order valence-corrected chi connectivity index (χ3v) is 3.13. The minimum absolute atomic E-state index is 0.0311. The van der Waals surface area contributed by atoms with Crippen molar-refractivity contribution in [1.82, 2.24) is 0 Å². The molecule has 0 aromatic heterocycles. The van der Waals surface area contributed by atoms with Gasteiger partial charge in [0, 0.05) is 6.21 Å². The van der Waals surface area contributed by atoms with Gasteiger partial charge in [-0.15, -0.1) is 5.16 Å². The Bertz CT molecular complexity index is 389. The SMILES string of the molecule is CC(C)(CC=NO)Cc1ccc(Cl)c(Cl)c1. The highest BCUT2D eigenvalue weighted by atomic mass is 35.5. The maximum atomic E-state index is 8.41. The van der Waals surface area contributed by atoms with Crippen molar-refractivity contribution >= 4 is 29.4 Å². The van der Waals surface area contributed by atoms with E-state index >= 15 is 0 Å². The Morgan fingerprint density at radius 1 is 1.31 bits per heavy atom. The molecule has 0 atom stereocenters. The van der Waals surface area contributed by atoms with Gasteiger partial charge in [-0.05, 0) is 36.0 Å². The topological polar surface area (TPSA) is 32.6 Å². The first-order chi connectivity index (χ1) is 7.44. The van der Waals surface area contributed by atoms with E-state index in [4.69, 9.17) is 28.4 Å². The normalized spacial score (nSPS) is 12.2. The number of oxime groups is 1. The van der Waals surface area contributed by atoms with Crippen LogP contribution in [-0.4, -0.2) is 11.4 Å². The van der Waals surface area contributed by atoms with Crippen LogP contribution in [0.4, 0.5) is 0 Å². The molecule has 16 heavy (non-hydrogen) atoms. The van der Waals surface area contributed by atoms with Crippen molar-refractivity contribution in [2.75, 3.05) is 0 Å². The zero-order valence-electron chi connectivity index (χ0n) is 9.37. The molecule has 0 saturated carbocycles. The van der Waals surface area contributed by atoms with Gasteiger partial charge in [0.25, 0.3) is 0 Å². The molecule has 0 aliphatic carbocycles. The summed E-state index contributed by atoms with van der Waals surface area (Å²) < 4.78 is 0. The summed E-state index contributed by atoms with van der Waals surface area (Å²) in [5.74, 6) is 0. The van der Waals surface area contributed by atoms with Crippen molar-refractivity contribution < 1.29 is 5.21 Å². The molecule has 1 aromatic rings. The molecule has 0 saturated heterocycles. The van der Waals surface area contributed by atoms with Crippen LogP contribution in [0.15, 0.2) is 23.4 Å². The molecule has 88 valence electrons. The third kappa shape index (κ3) is 4.03. The van der Waals surface area contributed by atoms with Crippen LogP contribution in [0.25, 0.3) is 0 Å². The lowest BCUT2D eigenvalue weighted by molar-refractivity contribution is 0.313. The number of hydrogen-bond donors (Lipinski definition) is 1. The first kappa shape index (κ1) is 13.3. The minimum Gasteiger partial charge on any atom is -0.411 e. The van der Waals surface area contributed by atoms with Crippen LogP contribution >= 0.6 is 23.2 Å². The number of halogens is 2. The standard InChI is InChI=1S/C12H15Cl2NO/c1-12(2,5-6-15-16)8-9-3-4-10(13)11(14)7-9/h3-4,6-7,16H,5,8H2,1-2H3. The summed E-state index contributed by atoms with van der Waals surface area (Å²) in [5.41, 5.74) is 1.16. The van der Waals surface area contributed by atoms with Crippen LogP contribution in [0.2, 0.25) is 10.0 Å². The molecular weight excluding hydrogens is 245 g/mol.